The molecule has 1 aromatic heterocycles. The van der Waals surface area contributed by atoms with Crippen molar-refractivity contribution in [2.45, 2.75) is 18.9 Å². The molecule has 1 aliphatic heterocycles. The number of thiophene rings is 1. The molecular formula is C15H14BrNO2S. The topological polar surface area (TPSA) is 40.5 Å². The number of anilines is 1. The van der Waals surface area contributed by atoms with E-state index in [0.29, 0.717) is 0 Å². The predicted octanol–water partition coefficient (Wildman–Crippen LogP) is 4.09. The molecule has 1 N–H and O–H groups in total. The Bertz CT molecular complexity index is 640. The Morgan fingerprint density at radius 3 is 2.95 bits per heavy atom. The van der Waals surface area contributed by atoms with E-state index in [9.17, 15) is 4.79 Å². The zero-order valence-electron chi connectivity index (χ0n) is 10.8. The highest BCUT2D eigenvalue weighted by Gasteiger charge is 2.29. The van der Waals surface area contributed by atoms with Gasteiger partial charge in [0.2, 0.25) is 0 Å². The van der Waals surface area contributed by atoms with Gasteiger partial charge in [0.25, 0.3) is 0 Å². The number of nitrogens with zero attached hydrogens (tertiary/aromatic N) is 1. The lowest BCUT2D eigenvalue weighted by atomic mass is 9.98. The second-order valence-corrected chi connectivity index (χ2v) is 7.28. The molecule has 0 saturated carbocycles. The number of rotatable bonds is 4. The van der Waals surface area contributed by atoms with E-state index in [1.54, 1.807) is 11.3 Å². The van der Waals surface area contributed by atoms with Gasteiger partial charge in [0.1, 0.15) is 0 Å². The molecule has 20 heavy (non-hydrogen) atoms. The number of para-hydroxylation sites is 1. The van der Waals surface area contributed by atoms with Gasteiger partial charge in [0, 0.05) is 24.7 Å². The van der Waals surface area contributed by atoms with Crippen molar-refractivity contribution in [1.29, 1.82) is 0 Å². The first-order valence-corrected chi connectivity index (χ1v) is 8.09. The summed E-state index contributed by atoms with van der Waals surface area (Å²) in [7, 11) is 0. The number of carboxylic acids is 1. The molecule has 0 saturated heterocycles. The van der Waals surface area contributed by atoms with Gasteiger partial charge in [0.05, 0.1) is 10.2 Å². The van der Waals surface area contributed by atoms with Gasteiger partial charge >= 0.3 is 5.97 Å². The molecule has 0 aliphatic carbocycles. The van der Waals surface area contributed by atoms with E-state index in [0.717, 1.165) is 22.4 Å². The number of halogens is 1. The summed E-state index contributed by atoms with van der Waals surface area (Å²) in [6, 6.07) is 10.2. The molecule has 1 aromatic carbocycles. The lowest BCUT2D eigenvalue weighted by molar-refractivity contribution is -0.137. The van der Waals surface area contributed by atoms with E-state index < -0.39 is 5.97 Å². The molecule has 5 heteroatoms. The van der Waals surface area contributed by atoms with Crippen molar-refractivity contribution in [3.05, 3.63) is 50.6 Å². The van der Waals surface area contributed by atoms with Crippen LogP contribution in [-0.4, -0.2) is 17.6 Å². The molecular weight excluding hydrogens is 338 g/mol. The van der Waals surface area contributed by atoms with Gasteiger partial charge in [-0.25, -0.2) is 0 Å². The molecule has 0 fully saturated rings. The molecule has 104 valence electrons. The first-order valence-electron chi connectivity index (χ1n) is 6.42. The van der Waals surface area contributed by atoms with Crippen LogP contribution in [0.3, 0.4) is 0 Å². The SMILES string of the molecule is O=C(O)CC1CN(Cc2csc(Br)c2)c2ccccc21. The number of hydrogen-bond acceptors (Lipinski definition) is 3. The Morgan fingerprint density at radius 2 is 2.25 bits per heavy atom. The average molecular weight is 352 g/mol. The highest BCUT2D eigenvalue weighted by Crippen LogP contribution is 2.39. The van der Waals surface area contributed by atoms with Crippen molar-refractivity contribution in [3.8, 4) is 0 Å². The van der Waals surface area contributed by atoms with Gasteiger partial charge in [-0.3, -0.25) is 4.79 Å². The average Bonchev–Trinajstić information content (AvgIpc) is 2.95. The summed E-state index contributed by atoms with van der Waals surface area (Å²) in [4.78, 5) is 13.3. The maximum atomic E-state index is 11.0. The number of hydrogen-bond donors (Lipinski definition) is 1. The van der Waals surface area contributed by atoms with Crippen LogP contribution in [0.2, 0.25) is 0 Å². The van der Waals surface area contributed by atoms with Gasteiger partial charge in [-0.1, -0.05) is 18.2 Å². The van der Waals surface area contributed by atoms with Gasteiger partial charge in [0.15, 0.2) is 0 Å². The van der Waals surface area contributed by atoms with Crippen LogP contribution in [0.15, 0.2) is 39.5 Å². The summed E-state index contributed by atoms with van der Waals surface area (Å²) in [6.45, 7) is 1.61. The highest BCUT2D eigenvalue weighted by atomic mass is 79.9. The Hall–Kier alpha value is -1.33. The smallest absolute Gasteiger partial charge is 0.304 e. The molecule has 0 amide bonds. The van der Waals surface area contributed by atoms with E-state index in [4.69, 9.17) is 5.11 Å². The fourth-order valence-corrected chi connectivity index (χ4v) is 3.97. The van der Waals surface area contributed by atoms with Crippen LogP contribution in [0, 0.1) is 0 Å². The van der Waals surface area contributed by atoms with Crippen LogP contribution < -0.4 is 4.90 Å². The van der Waals surface area contributed by atoms with Gasteiger partial charge in [-0.2, -0.15) is 0 Å². The van der Waals surface area contributed by atoms with Crippen LogP contribution in [0.5, 0.6) is 0 Å². The number of benzene rings is 1. The lowest BCUT2D eigenvalue weighted by Crippen LogP contribution is -2.21. The molecule has 2 aromatic rings. The molecule has 0 radical (unpaired) electrons. The summed E-state index contributed by atoms with van der Waals surface area (Å²) in [5.74, 6) is -0.643. The molecule has 3 rings (SSSR count). The van der Waals surface area contributed by atoms with E-state index in [2.05, 4.69) is 38.3 Å². The molecule has 0 bridgehead atoms. The summed E-state index contributed by atoms with van der Waals surface area (Å²) in [6.07, 6.45) is 0.195. The third kappa shape index (κ3) is 2.74. The molecule has 1 unspecified atom stereocenters. The third-order valence-electron chi connectivity index (χ3n) is 3.57. The Morgan fingerprint density at radius 1 is 1.45 bits per heavy atom. The van der Waals surface area contributed by atoms with Crippen molar-refractivity contribution >= 4 is 38.9 Å². The van der Waals surface area contributed by atoms with Gasteiger partial charge in [-0.05, 0) is 44.6 Å². The zero-order chi connectivity index (χ0) is 14.1. The highest BCUT2D eigenvalue weighted by molar-refractivity contribution is 9.11. The fraction of sp³-hybridized carbons (Fsp3) is 0.267. The normalized spacial score (nSPS) is 17.2. The Labute approximate surface area is 130 Å². The van der Waals surface area contributed by atoms with Crippen LogP contribution in [0.1, 0.15) is 23.5 Å². The van der Waals surface area contributed by atoms with Crippen LogP contribution in [0.4, 0.5) is 5.69 Å². The largest absolute Gasteiger partial charge is 0.481 e. The number of aliphatic carboxylic acids is 1. The number of carbonyl (C=O) groups is 1. The second-order valence-electron chi connectivity index (χ2n) is 4.99. The molecule has 2 heterocycles. The van der Waals surface area contributed by atoms with Crippen molar-refractivity contribution in [2.75, 3.05) is 11.4 Å². The quantitative estimate of drug-likeness (QED) is 0.901. The summed E-state index contributed by atoms with van der Waals surface area (Å²) < 4.78 is 1.13. The molecule has 1 atom stereocenters. The minimum absolute atomic E-state index is 0.0887. The lowest BCUT2D eigenvalue weighted by Gasteiger charge is -2.19. The first-order chi connectivity index (χ1) is 9.63. The standard InChI is InChI=1S/C15H14BrNO2S/c16-14-5-10(9-20-14)7-17-8-11(6-15(18)19)12-3-1-2-4-13(12)17/h1-5,9,11H,6-8H2,(H,18,19). The fourth-order valence-electron chi connectivity index (χ4n) is 2.77. The Kier molecular flexibility index (Phi) is 3.81. The van der Waals surface area contributed by atoms with E-state index in [1.807, 2.05) is 18.2 Å². The van der Waals surface area contributed by atoms with E-state index >= 15 is 0 Å². The number of fused-ring (bicyclic) bond motifs is 1. The Balaban J connectivity index is 1.84. The van der Waals surface area contributed by atoms with Gasteiger partial charge < -0.3 is 10.0 Å². The second kappa shape index (κ2) is 5.58. The minimum atomic E-state index is -0.732. The summed E-state index contributed by atoms with van der Waals surface area (Å²) in [5, 5.41) is 11.2. The zero-order valence-corrected chi connectivity index (χ0v) is 13.2. The summed E-state index contributed by atoms with van der Waals surface area (Å²) >= 11 is 5.16. The van der Waals surface area contributed by atoms with Crippen molar-refractivity contribution in [3.63, 3.8) is 0 Å². The van der Waals surface area contributed by atoms with E-state index in [-0.39, 0.29) is 12.3 Å². The first kappa shape index (κ1) is 13.6. The summed E-state index contributed by atoms with van der Waals surface area (Å²) in [5.41, 5.74) is 3.58. The van der Waals surface area contributed by atoms with E-state index in [1.165, 1.54) is 11.3 Å². The van der Waals surface area contributed by atoms with Crippen LogP contribution >= 0.6 is 27.3 Å². The number of carboxylic acid groups (broad SMARTS) is 1. The van der Waals surface area contributed by atoms with Gasteiger partial charge in [-0.15, -0.1) is 11.3 Å². The van der Waals surface area contributed by atoms with Crippen molar-refractivity contribution in [2.24, 2.45) is 0 Å². The van der Waals surface area contributed by atoms with Crippen molar-refractivity contribution < 1.29 is 9.90 Å². The monoisotopic (exact) mass is 351 g/mol. The molecule has 3 nitrogen and oxygen atoms in total. The molecule has 0 spiro atoms. The van der Waals surface area contributed by atoms with Crippen LogP contribution in [0.25, 0.3) is 0 Å². The molecule has 1 aliphatic rings. The van der Waals surface area contributed by atoms with Crippen LogP contribution in [-0.2, 0) is 11.3 Å². The third-order valence-corrected chi connectivity index (χ3v) is 5.13. The predicted molar refractivity (Wildman–Crippen MR) is 84.5 cm³/mol. The minimum Gasteiger partial charge on any atom is -0.481 e. The maximum Gasteiger partial charge on any atom is 0.304 e. The maximum absolute atomic E-state index is 11.0. The van der Waals surface area contributed by atoms with Crippen molar-refractivity contribution in [1.82, 2.24) is 0 Å².